The van der Waals surface area contributed by atoms with Crippen LogP contribution in [0, 0.1) is 5.41 Å². The largest absolute Gasteiger partial charge is 0.480 e. The number of urea groups is 1. The molecule has 0 bridgehead atoms. The number of aliphatic carboxylic acids is 1. The molecule has 6 nitrogen and oxygen atoms in total. The lowest BCUT2D eigenvalue weighted by Crippen LogP contribution is -2.53. The van der Waals surface area contributed by atoms with Crippen LogP contribution in [-0.2, 0) is 9.53 Å². The van der Waals surface area contributed by atoms with Crippen molar-refractivity contribution in [3.8, 4) is 0 Å². The zero-order valence-electron chi connectivity index (χ0n) is 11.4. The minimum atomic E-state index is -1.02. The van der Waals surface area contributed by atoms with E-state index in [2.05, 4.69) is 5.32 Å². The van der Waals surface area contributed by atoms with E-state index in [-0.39, 0.29) is 12.1 Å². The molecule has 1 saturated heterocycles. The Kier molecular flexibility index (Phi) is 4.56. The highest BCUT2D eigenvalue weighted by atomic mass is 16.5. The molecule has 0 aromatic rings. The molecule has 1 heterocycles. The predicted molar refractivity (Wildman–Crippen MR) is 66.4 cm³/mol. The van der Waals surface area contributed by atoms with Gasteiger partial charge < -0.3 is 20.1 Å². The van der Waals surface area contributed by atoms with Crippen molar-refractivity contribution in [3.63, 3.8) is 0 Å². The number of methoxy groups -OCH3 is 1. The number of nitrogens with one attached hydrogen (secondary N) is 1. The van der Waals surface area contributed by atoms with E-state index in [0.29, 0.717) is 13.1 Å². The fraction of sp³-hybridized carbons (Fsp3) is 0.833. The Bertz CT molecular complexity index is 325. The van der Waals surface area contributed by atoms with E-state index >= 15 is 0 Å². The van der Waals surface area contributed by atoms with Crippen molar-refractivity contribution in [2.75, 3.05) is 20.2 Å². The smallest absolute Gasteiger partial charge is 0.326 e. The molecule has 0 aromatic heterocycles. The third-order valence-electron chi connectivity index (χ3n) is 3.15. The second-order valence-corrected chi connectivity index (χ2v) is 5.68. The zero-order chi connectivity index (χ0) is 13.9. The molecule has 6 heteroatoms. The molecule has 1 aliphatic rings. The van der Waals surface area contributed by atoms with Gasteiger partial charge in [0.2, 0.25) is 0 Å². The number of carboxylic acids is 1. The van der Waals surface area contributed by atoms with Gasteiger partial charge in [-0.1, -0.05) is 20.8 Å². The molecule has 2 amide bonds. The standard InChI is InChI=1S/C12H22N2O4/c1-12(2,3)9(10(15)16)13-11(17)14-6-5-8(7-14)18-4/h8-9H,5-7H2,1-4H3,(H,13,17)(H,15,16)/t8?,9-/m0/s1. The van der Waals surface area contributed by atoms with Gasteiger partial charge in [-0.15, -0.1) is 0 Å². The van der Waals surface area contributed by atoms with Gasteiger partial charge in [0.1, 0.15) is 6.04 Å². The van der Waals surface area contributed by atoms with E-state index in [1.54, 1.807) is 32.8 Å². The summed E-state index contributed by atoms with van der Waals surface area (Å²) in [5, 5.41) is 11.7. The summed E-state index contributed by atoms with van der Waals surface area (Å²) >= 11 is 0. The Hall–Kier alpha value is -1.30. The average Bonchev–Trinajstić information content (AvgIpc) is 2.71. The molecule has 2 atom stereocenters. The van der Waals surface area contributed by atoms with E-state index in [9.17, 15) is 9.59 Å². The highest BCUT2D eigenvalue weighted by Crippen LogP contribution is 2.20. The van der Waals surface area contributed by atoms with Gasteiger partial charge in [0.15, 0.2) is 0 Å². The summed E-state index contributed by atoms with van der Waals surface area (Å²) in [7, 11) is 1.61. The van der Waals surface area contributed by atoms with E-state index in [4.69, 9.17) is 9.84 Å². The molecule has 0 spiro atoms. The molecule has 0 saturated carbocycles. The maximum atomic E-state index is 12.0. The van der Waals surface area contributed by atoms with Crippen LogP contribution in [0.1, 0.15) is 27.2 Å². The number of rotatable bonds is 3. The van der Waals surface area contributed by atoms with Crippen molar-refractivity contribution in [2.24, 2.45) is 5.41 Å². The normalized spacial score (nSPS) is 21.8. The number of likely N-dealkylation sites (tertiary alicyclic amines) is 1. The lowest BCUT2D eigenvalue weighted by molar-refractivity contribution is -0.142. The maximum Gasteiger partial charge on any atom is 0.326 e. The number of nitrogens with zero attached hydrogens (tertiary/aromatic N) is 1. The first kappa shape index (κ1) is 14.8. The number of carbonyl (C=O) groups excluding carboxylic acids is 1. The number of hydrogen-bond acceptors (Lipinski definition) is 3. The summed E-state index contributed by atoms with van der Waals surface area (Å²) in [5.41, 5.74) is -0.526. The SMILES string of the molecule is COC1CCN(C(=O)N[C@@H](C(=O)O)C(C)(C)C)C1. The molecule has 2 N–H and O–H groups in total. The number of ether oxygens (including phenoxy) is 1. The van der Waals surface area contributed by atoms with Crippen LogP contribution in [0.25, 0.3) is 0 Å². The Morgan fingerprint density at radius 1 is 1.44 bits per heavy atom. The van der Waals surface area contributed by atoms with Crippen LogP contribution in [0.15, 0.2) is 0 Å². The fourth-order valence-electron chi connectivity index (χ4n) is 1.97. The van der Waals surface area contributed by atoms with Gasteiger partial charge in [0, 0.05) is 20.2 Å². The Morgan fingerprint density at radius 3 is 2.44 bits per heavy atom. The van der Waals surface area contributed by atoms with E-state index in [1.807, 2.05) is 0 Å². The lowest BCUT2D eigenvalue weighted by atomic mass is 9.87. The fourth-order valence-corrected chi connectivity index (χ4v) is 1.97. The molecule has 1 aliphatic heterocycles. The molecule has 104 valence electrons. The highest BCUT2D eigenvalue weighted by molar-refractivity contribution is 5.83. The van der Waals surface area contributed by atoms with E-state index in [0.717, 1.165) is 6.42 Å². The van der Waals surface area contributed by atoms with Crippen LogP contribution in [0.4, 0.5) is 4.79 Å². The molecular formula is C12H22N2O4. The molecule has 1 rings (SSSR count). The number of carboxylic acid groups (broad SMARTS) is 1. The first-order valence-electron chi connectivity index (χ1n) is 6.06. The van der Waals surface area contributed by atoms with Crippen LogP contribution in [0.3, 0.4) is 0 Å². The summed E-state index contributed by atoms with van der Waals surface area (Å²) in [4.78, 5) is 24.7. The van der Waals surface area contributed by atoms with Gasteiger partial charge >= 0.3 is 12.0 Å². The molecule has 0 radical (unpaired) electrons. The van der Waals surface area contributed by atoms with Crippen molar-refractivity contribution in [2.45, 2.75) is 39.3 Å². The molecule has 1 fully saturated rings. The second-order valence-electron chi connectivity index (χ2n) is 5.68. The summed E-state index contributed by atoms with van der Waals surface area (Å²) in [6.45, 7) is 6.47. The van der Waals surface area contributed by atoms with Crippen molar-refractivity contribution >= 4 is 12.0 Å². The Labute approximate surface area is 107 Å². The molecule has 0 aromatic carbocycles. The summed E-state index contributed by atoms with van der Waals surface area (Å²) in [5.74, 6) is -1.02. The first-order valence-corrected chi connectivity index (χ1v) is 6.06. The third-order valence-corrected chi connectivity index (χ3v) is 3.15. The van der Waals surface area contributed by atoms with Crippen molar-refractivity contribution in [1.29, 1.82) is 0 Å². The summed E-state index contributed by atoms with van der Waals surface area (Å²) in [6, 6.07) is -1.23. The maximum absolute atomic E-state index is 12.0. The van der Waals surface area contributed by atoms with Gasteiger partial charge in [0.25, 0.3) is 0 Å². The first-order chi connectivity index (χ1) is 8.25. The zero-order valence-corrected chi connectivity index (χ0v) is 11.4. The highest BCUT2D eigenvalue weighted by Gasteiger charge is 2.35. The van der Waals surface area contributed by atoms with Crippen LogP contribution < -0.4 is 5.32 Å². The van der Waals surface area contributed by atoms with Crippen LogP contribution in [-0.4, -0.2) is 54.4 Å². The number of hydrogen-bond donors (Lipinski definition) is 2. The topological polar surface area (TPSA) is 78.9 Å². The molecule has 1 unspecified atom stereocenters. The van der Waals surface area contributed by atoms with Crippen LogP contribution in [0.2, 0.25) is 0 Å². The monoisotopic (exact) mass is 258 g/mol. The Balaban J connectivity index is 2.60. The average molecular weight is 258 g/mol. The van der Waals surface area contributed by atoms with Gasteiger partial charge in [0.05, 0.1) is 6.10 Å². The molecule has 0 aliphatic carbocycles. The van der Waals surface area contributed by atoms with Crippen LogP contribution in [0.5, 0.6) is 0 Å². The number of carbonyl (C=O) groups is 2. The lowest BCUT2D eigenvalue weighted by Gasteiger charge is -2.29. The summed E-state index contributed by atoms with van der Waals surface area (Å²) < 4.78 is 5.17. The second kappa shape index (κ2) is 5.56. The van der Waals surface area contributed by atoms with E-state index < -0.39 is 17.4 Å². The van der Waals surface area contributed by atoms with Crippen molar-refractivity contribution < 1.29 is 19.4 Å². The van der Waals surface area contributed by atoms with Gasteiger partial charge in [-0.2, -0.15) is 0 Å². The van der Waals surface area contributed by atoms with Crippen molar-refractivity contribution in [1.82, 2.24) is 10.2 Å². The molecule has 18 heavy (non-hydrogen) atoms. The van der Waals surface area contributed by atoms with Crippen molar-refractivity contribution in [3.05, 3.63) is 0 Å². The van der Waals surface area contributed by atoms with Gasteiger partial charge in [-0.05, 0) is 11.8 Å². The Morgan fingerprint density at radius 2 is 2.06 bits per heavy atom. The summed E-state index contributed by atoms with van der Waals surface area (Å²) in [6.07, 6.45) is 0.839. The van der Waals surface area contributed by atoms with Gasteiger partial charge in [-0.25, -0.2) is 9.59 Å². The minimum Gasteiger partial charge on any atom is -0.480 e. The van der Waals surface area contributed by atoms with E-state index in [1.165, 1.54) is 0 Å². The third kappa shape index (κ3) is 3.60. The van der Waals surface area contributed by atoms with Gasteiger partial charge in [-0.3, -0.25) is 0 Å². The quantitative estimate of drug-likeness (QED) is 0.789. The predicted octanol–water partition coefficient (Wildman–Crippen LogP) is 0.916. The molecular weight excluding hydrogens is 236 g/mol. The number of amides is 2. The minimum absolute atomic E-state index is 0.0497. The van der Waals surface area contributed by atoms with Crippen LogP contribution >= 0.6 is 0 Å².